The second-order valence-electron chi connectivity index (χ2n) is 3.67. The van der Waals surface area contributed by atoms with E-state index in [4.69, 9.17) is 0 Å². The van der Waals surface area contributed by atoms with Crippen LogP contribution in [0.4, 0.5) is 10.1 Å². The summed E-state index contributed by atoms with van der Waals surface area (Å²) in [5.41, 5.74) is 0.583. The van der Waals surface area contributed by atoms with Crippen LogP contribution in [-0.4, -0.2) is 24.9 Å². The van der Waals surface area contributed by atoms with Gasteiger partial charge in [-0.2, -0.15) is 0 Å². The van der Waals surface area contributed by atoms with E-state index in [1.54, 1.807) is 0 Å². The summed E-state index contributed by atoms with van der Waals surface area (Å²) < 4.78 is 13.4. The molecule has 17 heavy (non-hydrogen) atoms. The molecule has 6 heteroatoms. The summed E-state index contributed by atoms with van der Waals surface area (Å²) >= 11 is 3.07. The van der Waals surface area contributed by atoms with E-state index in [0.717, 1.165) is 0 Å². The third kappa shape index (κ3) is 2.63. The fourth-order valence-electron chi connectivity index (χ4n) is 1.62. The second kappa shape index (κ2) is 4.83. The highest BCUT2D eigenvalue weighted by Crippen LogP contribution is 2.23. The Morgan fingerprint density at radius 3 is 2.82 bits per heavy atom. The molecule has 1 aromatic rings. The molecule has 2 amide bonds. The molecule has 0 radical (unpaired) electrons. The fourth-order valence-corrected chi connectivity index (χ4v) is 1.99. The number of carbonyl (C=O) groups excluding carboxylic acids is 2. The zero-order valence-electron chi connectivity index (χ0n) is 8.87. The summed E-state index contributed by atoms with van der Waals surface area (Å²) in [6, 6.07) is 4.34. The van der Waals surface area contributed by atoms with Gasteiger partial charge in [-0.15, -0.1) is 0 Å². The van der Waals surface area contributed by atoms with E-state index >= 15 is 0 Å². The van der Waals surface area contributed by atoms with Crippen LogP contribution in [0.1, 0.15) is 6.42 Å². The van der Waals surface area contributed by atoms with Crippen molar-refractivity contribution in [1.82, 2.24) is 5.32 Å². The van der Waals surface area contributed by atoms with Crippen molar-refractivity contribution in [2.45, 2.75) is 6.42 Å². The van der Waals surface area contributed by atoms with E-state index in [1.165, 1.54) is 23.1 Å². The number of carbonyl (C=O) groups is 2. The average Bonchev–Trinajstić information content (AvgIpc) is 2.46. The lowest BCUT2D eigenvalue weighted by Gasteiger charge is -2.20. The predicted molar refractivity (Wildman–Crippen MR) is 64.1 cm³/mol. The molecule has 0 aliphatic carbocycles. The zero-order chi connectivity index (χ0) is 12.4. The number of nitrogens with one attached hydrogen (secondary N) is 1. The van der Waals surface area contributed by atoms with E-state index in [0.29, 0.717) is 16.7 Å². The van der Waals surface area contributed by atoms with Crippen LogP contribution in [0.5, 0.6) is 0 Å². The number of rotatable bonds is 1. The first-order chi connectivity index (χ1) is 8.08. The Morgan fingerprint density at radius 1 is 1.35 bits per heavy atom. The minimum Gasteiger partial charge on any atom is -0.347 e. The Balaban J connectivity index is 2.28. The molecule has 1 aromatic carbocycles. The topological polar surface area (TPSA) is 49.4 Å². The number of anilines is 1. The predicted octanol–water partition coefficient (Wildman–Crippen LogP) is 1.44. The molecule has 1 heterocycles. The quantitative estimate of drug-likeness (QED) is 0.853. The molecular formula is C11H10BrFN2O2. The third-order valence-electron chi connectivity index (χ3n) is 2.52. The summed E-state index contributed by atoms with van der Waals surface area (Å²) in [5, 5.41) is 2.50. The smallest absolute Gasteiger partial charge is 0.246 e. The largest absolute Gasteiger partial charge is 0.347 e. The molecule has 0 atom stereocenters. The molecule has 1 aliphatic rings. The molecule has 2 rings (SSSR count). The molecule has 90 valence electrons. The first-order valence-electron chi connectivity index (χ1n) is 5.10. The maximum absolute atomic E-state index is 13.1. The maximum Gasteiger partial charge on any atom is 0.246 e. The van der Waals surface area contributed by atoms with Gasteiger partial charge in [0.2, 0.25) is 11.8 Å². The van der Waals surface area contributed by atoms with Gasteiger partial charge in [0.15, 0.2) is 0 Å². The second-order valence-corrected chi connectivity index (χ2v) is 4.52. The highest BCUT2D eigenvalue weighted by atomic mass is 79.9. The molecule has 0 saturated carbocycles. The van der Waals surface area contributed by atoms with Crippen molar-refractivity contribution in [3.05, 3.63) is 28.5 Å². The minimum absolute atomic E-state index is 0.0200. The van der Waals surface area contributed by atoms with Gasteiger partial charge in [-0.25, -0.2) is 4.39 Å². The maximum atomic E-state index is 13.1. The lowest BCUT2D eigenvalue weighted by molar-refractivity contribution is -0.123. The number of hydrogen-bond donors (Lipinski definition) is 1. The first-order valence-corrected chi connectivity index (χ1v) is 5.89. The summed E-state index contributed by atoms with van der Waals surface area (Å²) in [4.78, 5) is 24.4. The van der Waals surface area contributed by atoms with Crippen LogP contribution in [-0.2, 0) is 9.59 Å². The van der Waals surface area contributed by atoms with E-state index < -0.39 is 0 Å². The highest BCUT2D eigenvalue weighted by molar-refractivity contribution is 9.10. The monoisotopic (exact) mass is 300 g/mol. The number of halogens is 2. The number of amides is 2. The van der Waals surface area contributed by atoms with Crippen molar-refractivity contribution in [1.29, 1.82) is 0 Å². The standard InChI is InChI=1S/C11H10BrFN2O2/c12-8-5-7(1-2-9(8)13)15-4-3-10(16)14-6-11(15)17/h1-2,5H,3-4,6H2,(H,14,16). The molecule has 1 aliphatic heterocycles. The van der Waals surface area contributed by atoms with Crippen molar-refractivity contribution < 1.29 is 14.0 Å². The van der Waals surface area contributed by atoms with E-state index in [1.807, 2.05) is 0 Å². The van der Waals surface area contributed by atoms with E-state index in [9.17, 15) is 14.0 Å². The van der Waals surface area contributed by atoms with E-state index in [-0.39, 0.29) is 30.6 Å². The van der Waals surface area contributed by atoms with Gasteiger partial charge in [0, 0.05) is 18.7 Å². The molecule has 4 nitrogen and oxygen atoms in total. The van der Waals surface area contributed by atoms with Crippen LogP contribution >= 0.6 is 15.9 Å². The van der Waals surface area contributed by atoms with Crippen LogP contribution in [0.25, 0.3) is 0 Å². The summed E-state index contributed by atoms with van der Waals surface area (Å²) in [6.45, 7) is 0.288. The van der Waals surface area contributed by atoms with Crippen LogP contribution in [0.3, 0.4) is 0 Å². The summed E-state index contributed by atoms with van der Waals surface area (Å²) in [6.07, 6.45) is 0.251. The zero-order valence-corrected chi connectivity index (χ0v) is 10.5. The number of benzene rings is 1. The number of nitrogens with zero attached hydrogens (tertiary/aromatic N) is 1. The van der Waals surface area contributed by atoms with Gasteiger partial charge in [-0.3, -0.25) is 9.59 Å². The van der Waals surface area contributed by atoms with Crippen molar-refractivity contribution in [2.75, 3.05) is 18.0 Å². The molecule has 0 aromatic heterocycles. The molecule has 0 spiro atoms. The molecule has 0 bridgehead atoms. The van der Waals surface area contributed by atoms with Crippen LogP contribution in [0.15, 0.2) is 22.7 Å². The highest BCUT2D eigenvalue weighted by Gasteiger charge is 2.21. The molecule has 1 N–H and O–H groups in total. The fraction of sp³-hybridized carbons (Fsp3) is 0.273. The van der Waals surface area contributed by atoms with Crippen molar-refractivity contribution in [3.8, 4) is 0 Å². The molecular weight excluding hydrogens is 291 g/mol. The van der Waals surface area contributed by atoms with Crippen LogP contribution in [0.2, 0.25) is 0 Å². The lowest BCUT2D eigenvalue weighted by Crippen LogP contribution is -2.35. The summed E-state index contributed by atoms with van der Waals surface area (Å²) in [7, 11) is 0. The Hall–Kier alpha value is -1.43. The molecule has 0 unspecified atom stereocenters. The van der Waals surface area contributed by atoms with E-state index in [2.05, 4.69) is 21.2 Å². The van der Waals surface area contributed by atoms with Crippen LogP contribution < -0.4 is 10.2 Å². The van der Waals surface area contributed by atoms with Crippen LogP contribution in [0, 0.1) is 5.82 Å². The van der Waals surface area contributed by atoms with Gasteiger partial charge in [0.25, 0.3) is 0 Å². The number of hydrogen-bond acceptors (Lipinski definition) is 2. The SMILES string of the molecule is O=C1CCN(c2ccc(F)c(Br)c2)C(=O)CN1. The van der Waals surface area contributed by atoms with Gasteiger partial charge in [-0.1, -0.05) is 0 Å². The Bertz CT molecular complexity index is 479. The minimum atomic E-state index is -0.384. The normalized spacial score (nSPS) is 16.7. The Labute approximate surface area is 106 Å². The Morgan fingerprint density at radius 2 is 2.12 bits per heavy atom. The molecule has 1 fully saturated rings. The lowest BCUT2D eigenvalue weighted by atomic mass is 10.2. The summed E-state index contributed by atoms with van der Waals surface area (Å²) in [5.74, 6) is -0.735. The molecule has 1 saturated heterocycles. The van der Waals surface area contributed by atoms with Gasteiger partial charge in [-0.05, 0) is 34.1 Å². The van der Waals surface area contributed by atoms with Gasteiger partial charge in [0.05, 0.1) is 11.0 Å². The van der Waals surface area contributed by atoms with Gasteiger partial charge < -0.3 is 10.2 Å². The van der Waals surface area contributed by atoms with Crippen molar-refractivity contribution in [3.63, 3.8) is 0 Å². The average molecular weight is 301 g/mol. The van der Waals surface area contributed by atoms with Gasteiger partial charge in [0.1, 0.15) is 5.82 Å². The first kappa shape index (κ1) is 12.0. The Kier molecular flexibility index (Phi) is 3.42. The van der Waals surface area contributed by atoms with Gasteiger partial charge >= 0.3 is 0 Å². The third-order valence-corrected chi connectivity index (χ3v) is 3.12. The van der Waals surface area contributed by atoms with Crippen molar-refractivity contribution >= 4 is 33.4 Å². The van der Waals surface area contributed by atoms with Crippen molar-refractivity contribution in [2.24, 2.45) is 0 Å².